The average Bonchev–Trinajstić information content (AvgIpc) is 2.09. The molecule has 2 aliphatic heterocycles. The minimum Gasteiger partial charge on any atom is -0.487 e. The van der Waals surface area contributed by atoms with Gasteiger partial charge in [0.25, 0.3) is 0 Å². The van der Waals surface area contributed by atoms with E-state index in [2.05, 4.69) is 6.92 Å². The Morgan fingerprint density at radius 1 is 1.75 bits per heavy atom. The quantitative estimate of drug-likeness (QED) is 0.491. The molecule has 0 spiro atoms. The maximum atomic E-state index is 5.26. The van der Waals surface area contributed by atoms with Crippen molar-refractivity contribution in [1.29, 1.82) is 0 Å². The average molecular weight is 128 g/mol. The van der Waals surface area contributed by atoms with Gasteiger partial charge in [-0.15, -0.1) is 0 Å². The molecule has 8 heavy (non-hydrogen) atoms. The molecule has 0 saturated heterocycles. The van der Waals surface area contributed by atoms with Gasteiger partial charge in [-0.1, -0.05) is 11.8 Å². The van der Waals surface area contributed by atoms with E-state index in [0.29, 0.717) is 0 Å². The lowest BCUT2D eigenvalue weighted by Gasteiger charge is -2.21. The van der Waals surface area contributed by atoms with Gasteiger partial charge in [0.05, 0.1) is 6.61 Å². The Morgan fingerprint density at radius 2 is 2.62 bits per heavy atom. The summed E-state index contributed by atoms with van der Waals surface area (Å²) in [5.74, 6) is 0. The van der Waals surface area contributed by atoms with Crippen LogP contribution in [0.2, 0.25) is 0 Å². The van der Waals surface area contributed by atoms with Crippen LogP contribution in [0.3, 0.4) is 0 Å². The summed E-state index contributed by atoms with van der Waals surface area (Å²) in [6, 6.07) is 0. The molecule has 1 unspecified atom stereocenters. The summed E-state index contributed by atoms with van der Waals surface area (Å²) in [5, 5.41) is 1.98. The van der Waals surface area contributed by atoms with E-state index in [9.17, 15) is 0 Å². The van der Waals surface area contributed by atoms with Crippen LogP contribution in [-0.4, -0.2) is 11.9 Å². The van der Waals surface area contributed by atoms with E-state index in [1.54, 1.807) is 5.57 Å². The summed E-state index contributed by atoms with van der Waals surface area (Å²) in [4.78, 5) is 0. The first-order chi connectivity index (χ1) is 3.88. The lowest BCUT2D eigenvalue weighted by molar-refractivity contribution is 0.271. The van der Waals surface area contributed by atoms with E-state index in [0.717, 1.165) is 11.9 Å². The van der Waals surface area contributed by atoms with Gasteiger partial charge in [-0.2, -0.15) is 0 Å². The highest BCUT2D eigenvalue weighted by molar-refractivity contribution is 8.05. The molecule has 0 aromatic heterocycles. The van der Waals surface area contributed by atoms with E-state index in [4.69, 9.17) is 4.74 Å². The van der Waals surface area contributed by atoms with Crippen molar-refractivity contribution >= 4 is 11.8 Å². The molecule has 2 rings (SSSR count). The Morgan fingerprint density at radius 3 is 3.12 bits per heavy atom. The Kier molecular flexibility index (Phi) is 0.852. The summed E-state index contributed by atoms with van der Waals surface area (Å²) in [5.41, 5.74) is 1.55. The second-order valence-electron chi connectivity index (χ2n) is 2.17. The Balaban J connectivity index is 2.24. The van der Waals surface area contributed by atoms with Crippen molar-refractivity contribution in [3.63, 3.8) is 0 Å². The third kappa shape index (κ3) is 0.440. The van der Waals surface area contributed by atoms with Crippen molar-refractivity contribution < 1.29 is 4.74 Å². The summed E-state index contributed by atoms with van der Waals surface area (Å²) in [6.45, 7) is 3.17. The highest BCUT2D eigenvalue weighted by atomic mass is 32.2. The van der Waals surface area contributed by atoms with Crippen LogP contribution >= 0.6 is 11.8 Å². The molecule has 44 valence electrons. The predicted octanol–water partition coefficient (Wildman–Crippen LogP) is 1.75. The zero-order valence-corrected chi connectivity index (χ0v) is 5.62. The second kappa shape index (κ2) is 1.44. The predicted molar refractivity (Wildman–Crippen MR) is 34.6 cm³/mol. The topological polar surface area (TPSA) is 9.23 Å². The maximum Gasteiger partial charge on any atom is 0.154 e. The molecule has 2 heterocycles. The first-order valence-corrected chi connectivity index (χ1v) is 3.78. The number of ether oxygens (including phenoxy) is 1. The third-order valence-electron chi connectivity index (χ3n) is 1.64. The molecule has 1 nitrogen and oxygen atoms in total. The smallest absolute Gasteiger partial charge is 0.154 e. The Bertz CT molecular complexity index is 151. The summed E-state index contributed by atoms with van der Waals surface area (Å²) >= 11 is 1.86. The van der Waals surface area contributed by atoms with Crippen molar-refractivity contribution in [2.24, 2.45) is 0 Å². The molecule has 0 bridgehead atoms. The monoisotopic (exact) mass is 128 g/mol. The zero-order valence-electron chi connectivity index (χ0n) is 4.81. The van der Waals surface area contributed by atoms with Crippen molar-refractivity contribution in [3.8, 4) is 0 Å². The zero-order chi connectivity index (χ0) is 5.56. The molecule has 0 N–H and O–H groups in total. The summed E-state index contributed by atoms with van der Waals surface area (Å²) in [6.07, 6.45) is 1.18. The molecule has 0 aromatic rings. The number of hydrogen-bond donors (Lipinski definition) is 0. The van der Waals surface area contributed by atoms with Gasteiger partial charge in [0.1, 0.15) is 0 Å². The fourth-order valence-corrected chi connectivity index (χ4v) is 2.18. The molecule has 0 fully saturated rings. The van der Waals surface area contributed by atoms with Crippen molar-refractivity contribution in [2.75, 3.05) is 6.61 Å². The maximum absolute atomic E-state index is 5.26. The van der Waals surface area contributed by atoms with Crippen LogP contribution in [0.1, 0.15) is 13.3 Å². The largest absolute Gasteiger partial charge is 0.487 e. The molecule has 0 aromatic carbocycles. The Labute approximate surface area is 53.1 Å². The van der Waals surface area contributed by atoms with Crippen LogP contribution in [0.4, 0.5) is 0 Å². The minimum atomic E-state index is 0.757. The van der Waals surface area contributed by atoms with Gasteiger partial charge in [-0.25, -0.2) is 0 Å². The Hall–Kier alpha value is -0.110. The molecule has 0 radical (unpaired) electrons. The van der Waals surface area contributed by atoms with Crippen LogP contribution in [-0.2, 0) is 4.74 Å². The van der Waals surface area contributed by atoms with Crippen molar-refractivity contribution in [2.45, 2.75) is 18.6 Å². The molecule has 2 aliphatic rings. The van der Waals surface area contributed by atoms with Crippen LogP contribution in [0.25, 0.3) is 0 Å². The number of thioether (sulfide) groups is 1. The van der Waals surface area contributed by atoms with Crippen LogP contribution in [0, 0.1) is 0 Å². The normalized spacial score (nSPS) is 33.9. The van der Waals surface area contributed by atoms with Gasteiger partial charge in [0.2, 0.25) is 0 Å². The van der Waals surface area contributed by atoms with Gasteiger partial charge in [-0.05, 0) is 12.5 Å². The highest BCUT2D eigenvalue weighted by Crippen LogP contribution is 2.46. The minimum absolute atomic E-state index is 0.757. The van der Waals surface area contributed by atoms with Gasteiger partial charge in [0.15, 0.2) is 5.09 Å². The lowest BCUT2D eigenvalue weighted by Crippen LogP contribution is -2.09. The molecular weight excluding hydrogens is 120 g/mol. The third-order valence-corrected chi connectivity index (χ3v) is 2.87. The summed E-state index contributed by atoms with van der Waals surface area (Å²) < 4.78 is 5.26. The lowest BCUT2D eigenvalue weighted by atomic mass is 10.2. The van der Waals surface area contributed by atoms with Crippen molar-refractivity contribution in [1.82, 2.24) is 0 Å². The van der Waals surface area contributed by atoms with Crippen LogP contribution in [0.5, 0.6) is 0 Å². The molecule has 0 saturated carbocycles. The first-order valence-electron chi connectivity index (χ1n) is 2.90. The van der Waals surface area contributed by atoms with Gasteiger partial charge in [0, 0.05) is 11.7 Å². The fourth-order valence-electron chi connectivity index (χ4n) is 1.10. The molecular formula is C6H8OS. The van der Waals surface area contributed by atoms with E-state index in [1.165, 1.54) is 11.5 Å². The highest BCUT2D eigenvalue weighted by Gasteiger charge is 2.31. The SMILES string of the molecule is CC1SC2=C1CCO2. The molecule has 0 aliphatic carbocycles. The first kappa shape index (κ1) is 4.74. The van der Waals surface area contributed by atoms with E-state index < -0.39 is 0 Å². The second-order valence-corrected chi connectivity index (χ2v) is 3.48. The van der Waals surface area contributed by atoms with E-state index >= 15 is 0 Å². The molecule has 0 amide bonds. The van der Waals surface area contributed by atoms with Gasteiger partial charge in [-0.3, -0.25) is 0 Å². The standard InChI is InChI=1S/C6H8OS/c1-4-5-2-3-7-6(5)8-4/h4H,2-3H2,1H3. The van der Waals surface area contributed by atoms with Crippen LogP contribution < -0.4 is 0 Å². The summed E-state index contributed by atoms with van der Waals surface area (Å²) in [7, 11) is 0. The molecule has 2 heteroatoms. The van der Waals surface area contributed by atoms with E-state index in [1.807, 2.05) is 11.8 Å². The number of rotatable bonds is 0. The van der Waals surface area contributed by atoms with Gasteiger partial charge < -0.3 is 4.74 Å². The number of hydrogen-bond acceptors (Lipinski definition) is 2. The van der Waals surface area contributed by atoms with Crippen molar-refractivity contribution in [3.05, 3.63) is 10.7 Å². The van der Waals surface area contributed by atoms with E-state index in [-0.39, 0.29) is 0 Å². The molecule has 1 atom stereocenters. The van der Waals surface area contributed by atoms with Gasteiger partial charge >= 0.3 is 0 Å². The fraction of sp³-hybridized carbons (Fsp3) is 0.667. The van der Waals surface area contributed by atoms with Crippen LogP contribution in [0.15, 0.2) is 10.7 Å².